The summed E-state index contributed by atoms with van der Waals surface area (Å²) in [7, 11) is 1.58. The Labute approximate surface area is 128 Å². The van der Waals surface area contributed by atoms with Gasteiger partial charge >= 0.3 is 0 Å². The van der Waals surface area contributed by atoms with Crippen molar-refractivity contribution in [2.24, 2.45) is 0 Å². The summed E-state index contributed by atoms with van der Waals surface area (Å²) in [5, 5.41) is 2.85. The summed E-state index contributed by atoms with van der Waals surface area (Å²) < 4.78 is 54.0. The van der Waals surface area contributed by atoms with Crippen LogP contribution < -0.4 is 5.32 Å². The maximum absolute atomic E-state index is 13.8. The first-order valence-corrected chi connectivity index (χ1v) is 6.97. The number of halogens is 5. The van der Waals surface area contributed by atoms with Crippen molar-refractivity contribution in [3.8, 4) is 0 Å². The van der Waals surface area contributed by atoms with Gasteiger partial charge in [-0.15, -0.1) is 0 Å². The monoisotopic (exact) mass is 361 g/mol. The summed E-state index contributed by atoms with van der Waals surface area (Å²) >= 11 is 3.16. The predicted molar refractivity (Wildman–Crippen MR) is 75.9 cm³/mol. The van der Waals surface area contributed by atoms with Gasteiger partial charge in [-0.05, 0) is 48.9 Å². The van der Waals surface area contributed by atoms with Crippen LogP contribution in [-0.2, 0) is 6.42 Å². The first kappa shape index (κ1) is 16.0. The highest BCUT2D eigenvalue weighted by Crippen LogP contribution is 2.24. The number of hydrogen-bond acceptors (Lipinski definition) is 1. The van der Waals surface area contributed by atoms with Crippen LogP contribution in [0.4, 0.5) is 17.6 Å². The summed E-state index contributed by atoms with van der Waals surface area (Å²) in [6.45, 7) is 0. The molecule has 0 bridgehead atoms. The quantitative estimate of drug-likeness (QED) is 0.624. The van der Waals surface area contributed by atoms with Gasteiger partial charge in [-0.1, -0.05) is 22.0 Å². The Kier molecular flexibility index (Phi) is 5.00. The second kappa shape index (κ2) is 6.58. The lowest BCUT2D eigenvalue weighted by atomic mass is 9.98. The molecule has 1 N–H and O–H groups in total. The highest BCUT2D eigenvalue weighted by atomic mass is 79.9. The van der Waals surface area contributed by atoms with Crippen molar-refractivity contribution in [1.82, 2.24) is 5.32 Å². The Balaban J connectivity index is 2.32. The zero-order chi connectivity index (χ0) is 15.6. The van der Waals surface area contributed by atoms with E-state index < -0.39 is 29.3 Å². The summed E-state index contributed by atoms with van der Waals surface area (Å²) in [5.74, 6) is -4.46. The fourth-order valence-electron chi connectivity index (χ4n) is 2.07. The third-order valence-electron chi connectivity index (χ3n) is 3.20. The molecule has 0 amide bonds. The van der Waals surface area contributed by atoms with Gasteiger partial charge in [0.25, 0.3) is 0 Å². The highest BCUT2D eigenvalue weighted by molar-refractivity contribution is 9.10. The average Bonchev–Trinajstić information content (AvgIpc) is 2.43. The molecule has 2 aromatic rings. The Morgan fingerprint density at radius 3 is 2.14 bits per heavy atom. The third kappa shape index (κ3) is 3.63. The molecular formula is C15H12BrF4N. The van der Waals surface area contributed by atoms with Crippen molar-refractivity contribution in [2.45, 2.75) is 12.5 Å². The first-order valence-electron chi connectivity index (χ1n) is 6.18. The lowest BCUT2D eigenvalue weighted by Gasteiger charge is -2.18. The molecule has 0 fully saturated rings. The molecular weight excluding hydrogens is 350 g/mol. The molecule has 0 aliphatic rings. The maximum atomic E-state index is 13.8. The van der Waals surface area contributed by atoms with Gasteiger partial charge in [0, 0.05) is 10.5 Å². The van der Waals surface area contributed by atoms with Crippen LogP contribution in [-0.4, -0.2) is 7.05 Å². The largest absolute Gasteiger partial charge is 0.313 e. The van der Waals surface area contributed by atoms with Gasteiger partial charge in [0.05, 0.1) is 0 Å². The molecule has 0 aromatic heterocycles. The van der Waals surface area contributed by atoms with E-state index in [1.165, 1.54) is 6.07 Å². The minimum absolute atomic E-state index is 0.181. The molecule has 2 aromatic carbocycles. The molecule has 0 saturated carbocycles. The molecule has 1 nitrogen and oxygen atoms in total. The summed E-state index contributed by atoms with van der Waals surface area (Å²) in [5.41, 5.74) is 0.610. The van der Waals surface area contributed by atoms with E-state index in [1.54, 1.807) is 19.2 Å². The molecule has 6 heteroatoms. The second-order valence-corrected chi connectivity index (χ2v) is 5.50. The smallest absolute Gasteiger partial charge is 0.194 e. The molecule has 2 rings (SSSR count). The highest BCUT2D eigenvalue weighted by Gasteiger charge is 2.18. The minimum Gasteiger partial charge on any atom is -0.313 e. The Morgan fingerprint density at radius 1 is 1.00 bits per heavy atom. The van der Waals surface area contributed by atoms with Crippen LogP contribution in [0.25, 0.3) is 0 Å². The van der Waals surface area contributed by atoms with E-state index in [-0.39, 0.29) is 12.0 Å². The van der Waals surface area contributed by atoms with Crippen LogP contribution in [0.1, 0.15) is 17.2 Å². The number of rotatable bonds is 4. The number of likely N-dealkylation sites (N-methyl/N-ethyl adjacent to an activating group) is 1. The van der Waals surface area contributed by atoms with Crippen molar-refractivity contribution < 1.29 is 17.6 Å². The molecule has 0 aliphatic heterocycles. The van der Waals surface area contributed by atoms with Gasteiger partial charge < -0.3 is 5.32 Å². The minimum atomic E-state index is -1.51. The van der Waals surface area contributed by atoms with Gasteiger partial charge in [0.15, 0.2) is 17.5 Å². The molecule has 0 heterocycles. The Morgan fingerprint density at radius 2 is 1.62 bits per heavy atom. The molecule has 1 unspecified atom stereocenters. The van der Waals surface area contributed by atoms with Crippen molar-refractivity contribution in [3.63, 3.8) is 0 Å². The third-order valence-corrected chi connectivity index (χ3v) is 3.69. The van der Waals surface area contributed by atoms with E-state index in [4.69, 9.17) is 0 Å². The summed E-state index contributed by atoms with van der Waals surface area (Å²) in [6.07, 6.45) is 0.181. The number of nitrogens with one attached hydrogen (secondary N) is 1. The topological polar surface area (TPSA) is 12.0 Å². The van der Waals surface area contributed by atoms with Crippen LogP contribution in [0.15, 0.2) is 34.8 Å². The van der Waals surface area contributed by atoms with E-state index >= 15 is 0 Å². The van der Waals surface area contributed by atoms with Crippen LogP contribution in [0, 0.1) is 23.3 Å². The standard InChI is InChI=1S/C15H12BrF4N/c1-21-14(6-8-2-3-10(16)7-11(8)17)9-4-12(18)15(20)13(19)5-9/h2-5,7,14,21H,6H2,1H3. The zero-order valence-electron chi connectivity index (χ0n) is 11.1. The van der Waals surface area contributed by atoms with Crippen molar-refractivity contribution in [2.75, 3.05) is 7.05 Å². The molecule has 112 valence electrons. The van der Waals surface area contributed by atoms with Crippen LogP contribution in [0.3, 0.4) is 0 Å². The molecule has 0 saturated heterocycles. The van der Waals surface area contributed by atoms with Gasteiger partial charge in [0.1, 0.15) is 5.82 Å². The summed E-state index contributed by atoms with van der Waals surface area (Å²) in [6, 6.07) is 5.86. The number of benzene rings is 2. The number of hydrogen-bond donors (Lipinski definition) is 1. The van der Waals surface area contributed by atoms with Crippen LogP contribution in [0.5, 0.6) is 0 Å². The van der Waals surface area contributed by atoms with Crippen molar-refractivity contribution >= 4 is 15.9 Å². The normalized spacial score (nSPS) is 12.5. The van der Waals surface area contributed by atoms with Crippen molar-refractivity contribution in [3.05, 3.63) is 69.2 Å². The first-order chi connectivity index (χ1) is 9.92. The lowest BCUT2D eigenvalue weighted by molar-refractivity contribution is 0.440. The molecule has 1 atom stereocenters. The van der Waals surface area contributed by atoms with E-state index in [0.29, 0.717) is 10.0 Å². The average molecular weight is 362 g/mol. The molecule has 21 heavy (non-hydrogen) atoms. The van der Waals surface area contributed by atoms with E-state index in [1.807, 2.05) is 0 Å². The van der Waals surface area contributed by atoms with Gasteiger partial charge in [-0.3, -0.25) is 0 Å². The van der Waals surface area contributed by atoms with Crippen molar-refractivity contribution in [1.29, 1.82) is 0 Å². The lowest BCUT2D eigenvalue weighted by Crippen LogP contribution is -2.20. The summed E-state index contributed by atoms with van der Waals surface area (Å²) in [4.78, 5) is 0. The van der Waals surface area contributed by atoms with Crippen LogP contribution in [0.2, 0.25) is 0 Å². The Bertz CT molecular complexity index is 637. The molecule has 0 aliphatic carbocycles. The fourth-order valence-corrected chi connectivity index (χ4v) is 2.40. The van der Waals surface area contributed by atoms with E-state index in [0.717, 1.165) is 12.1 Å². The molecule has 0 radical (unpaired) electrons. The zero-order valence-corrected chi connectivity index (χ0v) is 12.6. The van der Waals surface area contributed by atoms with Crippen LogP contribution >= 0.6 is 15.9 Å². The predicted octanol–water partition coefficient (Wildman–Crippen LogP) is 4.51. The SMILES string of the molecule is CNC(Cc1ccc(Br)cc1F)c1cc(F)c(F)c(F)c1. The second-order valence-electron chi connectivity index (χ2n) is 4.58. The van der Waals surface area contributed by atoms with Gasteiger partial charge in [0.2, 0.25) is 0 Å². The fraction of sp³-hybridized carbons (Fsp3) is 0.200. The maximum Gasteiger partial charge on any atom is 0.194 e. The van der Waals surface area contributed by atoms with E-state index in [9.17, 15) is 17.6 Å². The van der Waals surface area contributed by atoms with Gasteiger partial charge in [-0.25, -0.2) is 17.6 Å². The molecule has 0 spiro atoms. The van der Waals surface area contributed by atoms with Gasteiger partial charge in [-0.2, -0.15) is 0 Å². The van der Waals surface area contributed by atoms with E-state index in [2.05, 4.69) is 21.2 Å². The Hall–Kier alpha value is -1.40.